The number of aliphatic hydroxyl groups excluding tert-OH is 1. The van der Waals surface area contributed by atoms with Gasteiger partial charge in [-0.2, -0.15) is 4.31 Å². The molecule has 1 aliphatic carbocycles. The van der Waals surface area contributed by atoms with Crippen molar-refractivity contribution in [2.24, 2.45) is 11.8 Å². The molecule has 1 N–H and O–H groups in total. The van der Waals surface area contributed by atoms with Crippen molar-refractivity contribution in [1.82, 2.24) is 4.31 Å². The summed E-state index contributed by atoms with van der Waals surface area (Å²) in [4.78, 5) is 0. The lowest BCUT2D eigenvalue weighted by Crippen LogP contribution is -2.44. The fourth-order valence-corrected chi connectivity index (χ4v) is 5.33. The summed E-state index contributed by atoms with van der Waals surface area (Å²) in [6, 6.07) is 0. The number of aliphatic hydroxyl groups is 1. The van der Waals surface area contributed by atoms with E-state index in [2.05, 4.69) is 6.92 Å². The number of nitrogens with zero attached hydrogens (tertiary/aromatic N) is 1. The maximum absolute atomic E-state index is 12.4. The van der Waals surface area contributed by atoms with Crippen LogP contribution in [0.15, 0.2) is 0 Å². The van der Waals surface area contributed by atoms with Gasteiger partial charge in [-0.15, -0.1) is 0 Å². The molecule has 0 amide bonds. The Kier molecular flexibility index (Phi) is 5.26. The van der Waals surface area contributed by atoms with Gasteiger partial charge in [0.05, 0.1) is 11.9 Å². The molecule has 5 heteroatoms. The van der Waals surface area contributed by atoms with E-state index >= 15 is 0 Å². The van der Waals surface area contributed by atoms with Crippen molar-refractivity contribution in [1.29, 1.82) is 0 Å². The quantitative estimate of drug-likeness (QED) is 0.861. The predicted molar refractivity (Wildman–Crippen MR) is 76.3 cm³/mol. The van der Waals surface area contributed by atoms with Gasteiger partial charge in [-0.3, -0.25) is 0 Å². The van der Waals surface area contributed by atoms with Crippen LogP contribution in [0.5, 0.6) is 0 Å². The van der Waals surface area contributed by atoms with Crippen molar-refractivity contribution in [2.75, 3.05) is 18.8 Å². The molecular formula is C14H27NO3S. The molecule has 0 aromatic carbocycles. The van der Waals surface area contributed by atoms with Crippen LogP contribution in [0.1, 0.15) is 51.9 Å². The monoisotopic (exact) mass is 289 g/mol. The second-order valence-corrected chi connectivity index (χ2v) is 8.24. The van der Waals surface area contributed by atoms with Gasteiger partial charge >= 0.3 is 0 Å². The molecule has 19 heavy (non-hydrogen) atoms. The maximum atomic E-state index is 12.4. The second-order valence-electron chi connectivity index (χ2n) is 6.23. The summed E-state index contributed by atoms with van der Waals surface area (Å²) < 4.78 is 26.2. The van der Waals surface area contributed by atoms with Crippen LogP contribution < -0.4 is 0 Å². The number of rotatable bonds is 4. The first-order valence-electron chi connectivity index (χ1n) is 7.67. The van der Waals surface area contributed by atoms with Crippen LogP contribution in [0, 0.1) is 11.8 Å². The molecule has 112 valence electrons. The van der Waals surface area contributed by atoms with Gasteiger partial charge in [0.2, 0.25) is 10.0 Å². The van der Waals surface area contributed by atoms with Crippen LogP contribution in [-0.4, -0.2) is 42.8 Å². The van der Waals surface area contributed by atoms with E-state index in [0.717, 1.165) is 31.6 Å². The third-order valence-electron chi connectivity index (χ3n) is 4.74. The molecule has 0 radical (unpaired) electrons. The molecule has 0 aromatic rings. The van der Waals surface area contributed by atoms with Crippen LogP contribution in [0.3, 0.4) is 0 Å². The van der Waals surface area contributed by atoms with Gasteiger partial charge < -0.3 is 5.11 Å². The summed E-state index contributed by atoms with van der Waals surface area (Å²) in [5.41, 5.74) is 0. The van der Waals surface area contributed by atoms with Crippen LogP contribution in [0.25, 0.3) is 0 Å². The van der Waals surface area contributed by atoms with E-state index in [4.69, 9.17) is 0 Å². The van der Waals surface area contributed by atoms with Crippen LogP contribution in [0.2, 0.25) is 0 Å². The highest BCUT2D eigenvalue weighted by molar-refractivity contribution is 7.89. The molecule has 0 spiro atoms. The van der Waals surface area contributed by atoms with Crippen molar-refractivity contribution < 1.29 is 13.5 Å². The number of hydrogen-bond acceptors (Lipinski definition) is 3. The fraction of sp³-hybridized carbons (Fsp3) is 1.00. The fourth-order valence-electron chi connectivity index (χ4n) is 3.38. The lowest BCUT2D eigenvalue weighted by atomic mass is 9.82. The second kappa shape index (κ2) is 6.55. The molecule has 0 unspecified atom stereocenters. The van der Waals surface area contributed by atoms with Gasteiger partial charge in [0.25, 0.3) is 0 Å². The Morgan fingerprint density at radius 3 is 2.32 bits per heavy atom. The molecule has 1 aliphatic heterocycles. The molecule has 1 saturated carbocycles. The van der Waals surface area contributed by atoms with Crippen LogP contribution in [-0.2, 0) is 10.0 Å². The van der Waals surface area contributed by atoms with Gasteiger partial charge in [-0.05, 0) is 37.5 Å². The van der Waals surface area contributed by atoms with E-state index in [0.29, 0.717) is 19.0 Å². The van der Waals surface area contributed by atoms with Crippen molar-refractivity contribution in [3.8, 4) is 0 Å². The smallest absolute Gasteiger partial charge is 0.214 e. The Hall–Kier alpha value is -0.130. The first-order chi connectivity index (χ1) is 9.01. The molecule has 1 heterocycles. The SMILES string of the molecule is CCC1CCC(CS(=O)(=O)N2CCC[C@@H](O)C2)CC1. The molecule has 0 aromatic heterocycles. The first kappa shape index (κ1) is 15.3. The first-order valence-corrected chi connectivity index (χ1v) is 9.28. The number of β-amino-alcohol motifs (C(OH)–C–C–N with tert-alkyl or cyclic N) is 1. The standard InChI is InChI=1S/C14H27NO3S/c1-2-12-5-7-13(8-6-12)11-19(17,18)15-9-3-4-14(16)10-15/h12-14,16H,2-11H2,1H3/t12?,13?,14-/m1/s1. The van der Waals surface area contributed by atoms with E-state index in [1.807, 2.05) is 0 Å². The Morgan fingerprint density at radius 2 is 1.74 bits per heavy atom. The van der Waals surface area contributed by atoms with Gasteiger partial charge in [0.1, 0.15) is 0 Å². The number of piperidine rings is 1. The highest BCUT2D eigenvalue weighted by Gasteiger charge is 2.31. The molecule has 4 nitrogen and oxygen atoms in total. The topological polar surface area (TPSA) is 57.6 Å². The maximum Gasteiger partial charge on any atom is 0.214 e. The zero-order valence-corrected chi connectivity index (χ0v) is 12.7. The van der Waals surface area contributed by atoms with E-state index in [1.54, 1.807) is 0 Å². The molecule has 2 fully saturated rings. The third-order valence-corrected chi connectivity index (χ3v) is 6.75. The van der Waals surface area contributed by atoms with Crippen molar-refractivity contribution >= 4 is 10.0 Å². The summed E-state index contributed by atoms with van der Waals surface area (Å²) in [5, 5.41) is 9.61. The van der Waals surface area contributed by atoms with E-state index in [1.165, 1.54) is 23.6 Å². The van der Waals surface area contributed by atoms with Crippen molar-refractivity contribution in [2.45, 2.75) is 58.0 Å². The third kappa shape index (κ3) is 4.17. The normalized spacial score (nSPS) is 34.3. The highest BCUT2D eigenvalue weighted by Crippen LogP contribution is 2.32. The van der Waals surface area contributed by atoms with E-state index in [9.17, 15) is 13.5 Å². The lowest BCUT2D eigenvalue weighted by Gasteiger charge is -2.32. The summed E-state index contributed by atoms with van der Waals surface area (Å²) >= 11 is 0. The largest absolute Gasteiger partial charge is 0.392 e. The summed E-state index contributed by atoms with van der Waals surface area (Å²) in [5.74, 6) is 1.42. The van der Waals surface area contributed by atoms with Gasteiger partial charge in [-0.25, -0.2) is 8.42 Å². The predicted octanol–water partition coefficient (Wildman–Crippen LogP) is 1.99. The number of hydrogen-bond donors (Lipinski definition) is 1. The minimum Gasteiger partial charge on any atom is -0.392 e. The number of sulfonamides is 1. The molecular weight excluding hydrogens is 262 g/mol. The molecule has 0 bridgehead atoms. The molecule has 2 rings (SSSR count). The zero-order valence-electron chi connectivity index (χ0n) is 11.9. The zero-order chi connectivity index (χ0) is 13.9. The Labute approximate surface area is 117 Å². The Balaban J connectivity index is 1.87. The summed E-state index contributed by atoms with van der Waals surface area (Å²) in [7, 11) is -3.17. The van der Waals surface area contributed by atoms with E-state index in [-0.39, 0.29) is 5.75 Å². The Bertz CT molecular complexity index is 374. The average Bonchev–Trinajstić information content (AvgIpc) is 2.39. The van der Waals surface area contributed by atoms with E-state index < -0.39 is 16.1 Å². The van der Waals surface area contributed by atoms with Crippen molar-refractivity contribution in [3.05, 3.63) is 0 Å². The summed E-state index contributed by atoms with van der Waals surface area (Å²) in [6.07, 6.45) is 6.72. The molecule has 1 saturated heterocycles. The molecule has 2 aliphatic rings. The van der Waals surface area contributed by atoms with Gasteiger partial charge in [-0.1, -0.05) is 26.2 Å². The molecule has 1 atom stereocenters. The van der Waals surface area contributed by atoms with Crippen molar-refractivity contribution in [3.63, 3.8) is 0 Å². The lowest BCUT2D eigenvalue weighted by molar-refractivity contribution is 0.107. The minimum atomic E-state index is -3.17. The van der Waals surface area contributed by atoms with Gasteiger partial charge in [0.15, 0.2) is 0 Å². The van der Waals surface area contributed by atoms with Crippen LogP contribution in [0.4, 0.5) is 0 Å². The average molecular weight is 289 g/mol. The highest BCUT2D eigenvalue weighted by atomic mass is 32.2. The van der Waals surface area contributed by atoms with Crippen LogP contribution >= 0.6 is 0 Å². The Morgan fingerprint density at radius 1 is 1.11 bits per heavy atom. The van der Waals surface area contributed by atoms with Gasteiger partial charge in [0, 0.05) is 13.1 Å². The summed E-state index contributed by atoms with van der Waals surface area (Å²) in [6.45, 7) is 3.10. The minimum absolute atomic E-state index is 0.288.